The van der Waals surface area contributed by atoms with Crippen LogP contribution in [0.25, 0.3) is 10.9 Å². The second-order valence-electron chi connectivity index (χ2n) is 6.23. The van der Waals surface area contributed by atoms with Crippen LogP contribution in [0.2, 0.25) is 5.15 Å². The van der Waals surface area contributed by atoms with Crippen LogP contribution in [0, 0.1) is 0 Å². The molecular weight excluding hydrogens is 358 g/mol. The zero-order valence-corrected chi connectivity index (χ0v) is 15.7. The summed E-state index contributed by atoms with van der Waals surface area (Å²) in [7, 11) is 1.56. The number of ether oxygens (including phenoxy) is 3. The standard InChI is InChI=1S/C18H22ClN3O4/c1-12(23)26-13(9-22-5-3-4-6-22)10-25-17-8-15-14(7-16(17)24-2)18(19)21-11-20-15/h7-8,11,13H,3-6,9-10H2,1-2H3/t13-/m1/s1. The van der Waals surface area contributed by atoms with Crippen molar-refractivity contribution in [3.63, 3.8) is 0 Å². The lowest BCUT2D eigenvalue weighted by atomic mass is 10.2. The summed E-state index contributed by atoms with van der Waals surface area (Å²) in [6.07, 6.45) is 3.40. The van der Waals surface area contributed by atoms with Gasteiger partial charge in [-0.2, -0.15) is 0 Å². The Morgan fingerprint density at radius 3 is 2.73 bits per heavy atom. The SMILES string of the molecule is COc1cc2c(Cl)ncnc2cc1OC[C@@H](CN1CCCC1)OC(C)=O. The minimum absolute atomic E-state index is 0.233. The summed E-state index contributed by atoms with van der Waals surface area (Å²) in [4.78, 5) is 21.9. The molecule has 0 amide bonds. The van der Waals surface area contributed by atoms with Gasteiger partial charge in [0.25, 0.3) is 0 Å². The molecule has 7 nitrogen and oxygen atoms in total. The first-order valence-electron chi connectivity index (χ1n) is 8.57. The van der Waals surface area contributed by atoms with Crippen molar-refractivity contribution >= 4 is 28.5 Å². The van der Waals surface area contributed by atoms with E-state index >= 15 is 0 Å². The van der Waals surface area contributed by atoms with E-state index in [0.29, 0.717) is 34.1 Å². The molecule has 0 N–H and O–H groups in total. The molecule has 0 radical (unpaired) electrons. The van der Waals surface area contributed by atoms with Crippen LogP contribution in [-0.4, -0.2) is 60.3 Å². The number of esters is 1. The summed E-state index contributed by atoms with van der Waals surface area (Å²) < 4.78 is 16.7. The number of benzene rings is 1. The quantitative estimate of drug-likeness (QED) is 0.540. The molecule has 1 fully saturated rings. The third-order valence-electron chi connectivity index (χ3n) is 4.29. The van der Waals surface area contributed by atoms with Crippen molar-refractivity contribution in [3.8, 4) is 11.5 Å². The maximum atomic E-state index is 11.4. The van der Waals surface area contributed by atoms with Gasteiger partial charge in [0.1, 0.15) is 24.2 Å². The molecule has 1 saturated heterocycles. The molecule has 1 atom stereocenters. The lowest BCUT2D eigenvalue weighted by Crippen LogP contribution is -2.36. The number of hydrogen-bond acceptors (Lipinski definition) is 7. The molecule has 0 spiro atoms. The van der Waals surface area contributed by atoms with Crippen molar-refractivity contribution in [1.82, 2.24) is 14.9 Å². The fraction of sp³-hybridized carbons (Fsp3) is 0.500. The van der Waals surface area contributed by atoms with Crippen molar-refractivity contribution in [2.45, 2.75) is 25.9 Å². The second-order valence-corrected chi connectivity index (χ2v) is 6.59. The van der Waals surface area contributed by atoms with Crippen LogP contribution in [0.3, 0.4) is 0 Å². The number of nitrogens with zero attached hydrogens (tertiary/aromatic N) is 3. The normalized spacial score (nSPS) is 15.8. The smallest absolute Gasteiger partial charge is 0.303 e. The van der Waals surface area contributed by atoms with E-state index in [1.165, 1.54) is 26.1 Å². The number of carbonyl (C=O) groups excluding carboxylic acids is 1. The first-order chi connectivity index (χ1) is 12.6. The van der Waals surface area contributed by atoms with E-state index < -0.39 is 0 Å². The van der Waals surface area contributed by atoms with Gasteiger partial charge in [-0.25, -0.2) is 9.97 Å². The number of rotatable bonds is 7. The van der Waals surface area contributed by atoms with Crippen LogP contribution in [0.1, 0.15) is 19.8 Å². The fourth-order valence-electron chi connectivity index (χ4n) is 3.10. The minimum Gasteiger partial charge on any atom is -0.493 e. The summed E-state index contributed by atoms with van der Waals surface area (Å²) in [5.41, 5.74) is 0.657. The molecule has 8 heteroatoms. The molecule has 2 aromatic rings. The predicted octanol–water partition coefficient (Wildman–Crippen LogP) is 2.70. The highest BCUT2D eigenvalue weighted by Gasteiger charge is 2.21. The molecule has 140 valence electrons. The average Bonchev–Trinajstić information content (AvgIpc) is 3.12. The average molecular weight is 380 g/mol. The van der Waals surface area contributed by atoms with Gasteiger partial charge in [-0.15, -0.1) is 0 Å². The number of aromatic nitrogens is 2. The van der Waals surface area contributed by atoms with Crippen LogP contribution in [0.4, 0.5) is 0 Å². The third-order valence-corrected chi connectivity index (χ3v) is 4.59. The van der Waals surface area contributed by atoms with Gasteiger partial charge < -0.3 is 14.2 Å². The zero-order valence-electron chi connectivity index (χ0n) is 14.9. The topological polar surface area (TPSA) is 73.8 Å². The maximum absolute atomic E-state index is 11.4. The van der Waals surface area contributed by atoms with Crippen molar-refractivity contribution < 1.29 is 19.0 Å². The number of halogens is 1. The Kier molecular flexibility index (Phi) is 6.11. The number of methoxy groups -OCH3 is 1. The monoisotopic (exact) mass is 379 g/mol. The van der Waals surface area contributed by atoms with E-state index in [2.05, 4.69) is 14.9 Å². The van der Waals surface area contributed by atoms with Gasteiger partial charge >= 0.3 is 5.97 Å². The number of carbonyl (C=O) groups is 1. The van der Waals surface area contributed by atoms with Crippen LogP contribution < -0.4 is 9.47 Å². The Hall–Kier alpha value is -2.12. The van der Waals surface area contributed by atoms with E-state index in [1.54, 1.807) is 19.2 Å². The number of fused-ring (bicyclic) bond motifs is 1. The van der Waals surface area contributed by atoms with Gasteiger partial charge in [0.2, 0.25) is 0 Å². The molecular formula is C18H22ClN3O4. The zero-order chi connectivity index (χ0) is 18.5. The van der Waals surface area contributed by atoms with Gasteiger partial charge in [0.05, 0.1) is 12.6 Å². The van der Waals surface area contributed by atoms with E-state index in [1.807, 2.05) is 0 Å². The Bertz CT molecular complexity index is 780. The van der Waals surface area contributed by atoms with Crippen LogP contribution in [0.15, 0.2) is 18.5 Å². The minimum atomic E-state index is -0.347. The highest BCUT2D eigenvalue weighted by molar-refractivity contribution is 6.34. The Morgan fingerprint density at radius 1 is 1.27 bits per heavy atom. The number of likely N-dealkylation sites (tertiary alicyclic amines) is 1. The summed E-state index contributed by atoms with van der Waals surface area (Å²) in [5.74, 6) is 0.730. The number of hydrogen-bond donors (Lipinski definition) is 0. The van der Waals surface area contributed by atoms with Gasteiger partial charge in [0.15, 0.2) is 11.5 Å². The molecule has 1 aliphatic rings. The van der Waals surface area contributed by atoms with Gasteiger partial charge in [-0.1, -0.05) is 11.6 Å². The largest absolute Gasteiger partial charge is 0.493 e. The van der Waals surface area contributed by atoms with Gasteiger partial charge in [-0.3, -0.25) is 9.69 Å². The lowest BCUT2D eigenvalue weighted by molar-refractivity contribution is -0.148. The Balaban J connectivity index is 1.75. The predicted molar refractivity (Wildman–Crippen MR) is 97.8 cm³/mol. The third kappa shape index (κ3) is 4.53. The second kappa shape index (κ2) is 8.51. The van der Waals surface area contributed by atoms with E-state index in [9.17, 15) is 4.79 Å². The van der Waals surface area contributed by atoms with Crippen molar-refractivity contribution in [2.24, 2.45) is 0 Å². The molecule has 0 aliphatic carbocycles. The Morgan fingerprint density at radius 2 is 2.04 bits per heavy atom. The lowest BCUT2D eigenvalue weighted by Gasteiger charge is -2.23. The van der Waals surface area contributed by atoms with E-state index in [-0.39, 0.29) is 18.7 Å². The summed E-state index contributed by atoms with van der Waals surface area (Å²) >= 11 is 6.11. The highest BCUT2D eigenvalue weighted by atomic mass is 35.5. The van der Waals surface area contributed by atoms with Crippen LogP contribution in [0.5, 0.6) is 11.5 Å². The van der Waals surface area contributed by atoms with E-state index in [0.717, 1.165) is 13.1 Å². The first kappa shape index (κ1) is 18.7. The molecule has 26 heavy (non-hydrogen) atoms. The molecule has 1 aliphatic heterocycles. The summed E-state index contributed by atoms with van der Waals surface area (Å²) in [6, 6.07) is 3.50. The fourth-order valence-corrected chi connectivity index (χ4v) is 3.29. The summed E-state index contributed by atoms with van der Waals surface area (Å²) in [5, 5.41) is 1.04. The maximum Gasteiger partial charge on any atom is 0.303 e. The first-order valence-corrected chi connectivity index (χ1v) is 8.95. The molecule has 1 aromatic carbocycles. The molecule has 0 bridgehead atoms. The molecule has 2 heterocycles. The van der Waals surface area contributed by atoms with Crippen LogP contribution in [-0.2, 0) is 9.53 Å². The Labute approximate surface area is 157 Å². The summed E-state index contributed by atoms with van der Waals surface area (Å²) in [6.45, 7) is 4.34. The van der Waals surface area contributed by atoms with Gasteiger partial charge in [0, 0.05) is 24.9 Å². The van der Waals surface area contributed by atoms with Crippen LogP contribution >= 0.6 is 11.6 Å². The molecule has 1 aromatic heterocycles. The van der Waals surface area contributed by atoms with Crippen molar-refractivity contribution in [3.05, 3.63) is 23.6 Å². The molecule has 0 unspecified atom stereocenters. The van der Waals surface area contributed by atoms with E-state index in [4.69, 9.17) is 25.8 Å². The van der Waals surface area contributed by atoms with Gasteiger partial charge in [-0.05, 0) is 32.0 Å². The van der Waals surface area contributed by atoms with Crippen molar-refractivity contribution in [2.75, 3.05) is 33.4 Å². The molecule has 0 saturated carbocycles. The van der Waals surface area contributed by atoms with Crippen molar-refractivity contribution in [1.29, 1.82) is 0 Å². The highest BCUT2D eigenvalue weighted by Crippen LogP contribution is 2.33. The molecule has 3 rings (SSSR count).